The van der Waals surface area contributed by atoms with Gasteiger partial charge in [0, 0.05) is 0 Å². The van der Waals surface area contributed by atoms with Crippen molar-refractivity contribution in [2.75, 3.05) is 0 Å². The van der Waals surface area contributed by atoms with E-state index in [-0.39, 0.29) is 0 Å². The van der Waals surface area contributed by atoms with Gasteiger partial charge in [0.25, 0.3) is 5.09 Å². The maximum absolute atomic E-state index is 8.36. The van der Waals surface area contributed by atoms with Gasteiger partial charge >= 0.3 is 20.5 Å². The first kappa shape index (κ1) is 9.19. The summed E-state index contributed by atoms with van der Waals surface area (Å²) in [6.07, 6.45) is 0. The van der Waals surface area contributed by atoms with E-state index in [0.29, 0.717) is 0 Å². The Balaban J connectivity index is 0. The van der Waals surface area contributed by atoms with E-state index < -0.39 is 5.09 Å². The normalized spacial score (nSPS) is 5.00. The minimum atomic E-state index is -1.50. The van der Waals surface area contributed by atoms with Crippen molar-refractivity contribution in [2.45, 2.75) is 0 Å². The van der Waals surface area contributed by atoms with Crippen molar-refractivity contribution in [2.24, 2.45) is 0 Å². The van der Waals surface area contributed by atoms with Crippen LogP contribution < -0.4 is 0 Å². The fourth-order valence-corrected chi connectivity index (χ4v) is 0. The number of rotatable bonds is 0. The van der Waals surface area contributed by atoms with Crippen LogP contribution in [0.5, 0.6) is 0 Å². The number of hydrogen-bond donors (Lipinski definition) is 2. The van der Waals surface area contributed by atoms with Crippen LogP contribution in [0, 0.1) is 10.1 Å². The summed E-state index contributed by atoms with van der Waals surface area (Å²) in [5.41, 5.74) is 0. The van der Waals surface area contributed by atoms with Crippen LogP contribution in [-0.4, -0.2) is 14.5 Å². The molecule has 6 heavy (non-hydrogen) atoms. The first-order chi connectivity index (χ1) is 2.73. The molecule has 2 N–H and O–H groups in total. The maximum atomic E-state index is 8.36. The molecule has 0 unspecified atom stereocenters. The van der Waals surface area contributed by atoms with Crippen LogP contribution in [0.2, 0.25) is 0 Å². The molecule has 0 aromatic carbocycles. The summed E-state index contributed by atoms with van der Waals surface area (Å²) in [4.78, 5) is 8.36. The molecule has 0 aromatic heterocycles. The molecule has 6 heteroatoms. The van der Waals surface area contributed by atoms with Gasteiger partial charge in [0.2, 0.25) is 0 Å². The summed E-state index contributed by atoms with van der Waals surface area (Å²) in [5, 5.41) is 13.6. The zero-order valence-electron chi connectivity index (χ0n) is 2.51. The van der Waals surface area contributed by atoms with Crippen molar-refractivity contribution in [3.8, 4) is 0 Å². The van der Waals surface area contributed by atoms with Gasteiger partial charge < -0.3 is 5.21 Å². The van der Waals surface area contributed by atoms with Gasteiger partial charge in [0.15, 0.2) is 0 Å². The summed E-state index contributed by atoms with van der Waals surface area (Å²) in [7, 11) is 0. The van der Waals surface area contributed by atoms with Crippen LogP contribution in [0.15, 0.2) is 0 Å². The molecule has 0 saturated heterocycles. The summed E-state index contributed by atoms with van der Waals surface area (Å²) in [6, 6.07) is 0. The Hall–Kier alpha value is -0.321. The van der Waals surface area contributed by atoms with Crippen LogP contribution in [0.3, 0.4) is 0 Å². The fourth-order valence-electron chi connectivity index (χ4n) is 0. The van der Waals surface area contributed by atoms with E-state index in [1.165, 1.54) is 0 Å². The Kier molecular flexibility index (Phi) is 13.5. The average molecular weight is 136 g/mol. The van der Waals surface area contributed by atoms with Gasteiger partial charge in [-0.05, 0) is 0 Å². The Bertz CT molecular complexity index is 30.5. The van der Waals surface area contributed by atoms with Gasteiger partial charge in [0.1, 0.15) is 0 Å². The van der Waals surface area contributed by atoms with Crippen molar-refractivity contribution in [3.05, 3.63) is 10.1 Å². The average Bonchev–Trinajstić information content (AvgIpc) is 1.41. The molecule has 0 spiro atoms. The molecular weight excluding hydrogens is 134 g/mol. The van der Waals surface area contributed by atoms with Crippen LogP contribution in [0.4, 0.5) is 0 Å². The van der Waals surface area contributed by atoms with E-state index in [2.05, 4.69) is 16.3 Å². The predicted octanol–water partition coefficient (Wildman–Crippen LogP) is -0.907. The topological polar surface area (TPSA) is 83.6 Å². The molecular formula is H2FeNO4. The summed E-state index contributed by atoms with van der Waals surface area (Å²) >= 11 is 2.25. The van der Waals surface area contributed by atoms with Crippen LogP contribution in [-0.2, 0) is 16.3 Å². The van der Waals surface area contributed by atoms with Gasteiger partial charge in [-0.15, -0.1) is 10.1 Å². The van der Waals surface area contributed by atoms with E-state index in [9.17, 15) is 0 Å². The molecule has 0 radical (unpaired) electrons. The van der Waals surface area contributed by atoms with Crippen molar-refractivity contribution < 1.29 is 30.8 Å². The van der Waals surface area contributed by atoms with Crippen molar-refractivity contribution >= 4 is 0 Å². The van der Waals surface area contributed by atoms with Gasteiger partial charge in [-0.1, -0.05) is 0 Å². The second kappa shape index (κ2) is 8.82. The Morgan fingerprint density at radius 3 is 1.67 bits per heavy atom. The van der Waals surface area contributed by atoms with Crippen LogP contribution >= 0.6 is 0 Å². The second-order valence-electron chi connectivity index (χ2n) is 0.238. The monoisotopic (exact) mass is 136 g/mol. The van der Waals surface area contributed by atoms with Gasteiger partial charge in [0.05, 0.1) is 0 Å². The molecule has 0 bridgehead atoms. The van der Waals surface area contributed by atoms with Gasteiger partial charge in [-0.2, -0.15) is 0 Å². The Morgan fingerprint density at radius 2 is 1.67 bits per heavy atom. The summed E-state index contributed by atoms with van der Waals surface area (Å²) in [6.45, 7) is 0. The molecule has 0 heterocycles. The van der Waals surface area contributed by atoms with E-state index in [0.717, 1.165) is 0 Å². The third-order valence-electron chi connectivity index (χ3n) is 0. The molecule has 0 aliphatic heterocycles. The second-order valence-corrected chi connectivity index (χ2v) is 0.238. The SMILES string of the molecule is O=[N+]([O-])O.[OH][Fe]. The zero-order valence-corrected chi connectivity index (χ0v) is 3.62. The van der Waals surface area contributed by atoms with Gasteiger partial charge in [-0.3, -0.25) is 0 Å². The molecule has 0 aliphatic rings. The first-order valence-corrected chi connectivity index (χ1v) is 1.22. The molecule has 5 nitrogen and oxygen atoms in total. The molecule has 0 rings (SSSR count). The van der Waals surface area contributed by atoms with E-state index in [4.69, 9.17) is 19.5 Å². The standard InChI is InChI=1S/Fe.HNO3.H2O/c;2-1(3)4;/h;(H,2,3,4);1H2/q+1;;/p-1. The summed E-state index contributed by atoms with van der Waals surface area (Å²) in [5.74, 6) is 0. The van der Waals surface area contributed by atoms with E-state index >= 15 is 0 Å². The van der Waals surface area contributed by atoms with Crippen molar-refractivity contribution in [1.82, 2.24) is 0 Å². The van der Waals surface area contributed by atoms with E-state index in [1.807, 2.05) is 0 Å². The molecule has 0 saturated carbocycles. The molecule has 0 fully saturated rings. The third kappa shape index (κ3) is 257. The fraction of sp³-hybridized carbons (Fsp3) is 0. The molecule has 0 atom stereocenters. The molecule has 0 aliphatic carbocycles. The van der Waals surface area contributed by atoms with E-state index in [1.54, 1.807) is 0 Å². The first-order valence-electron chi connectivity index (χ1n) is 0.723. The number of hydrogen-bond acceptors (Lipinski definition) is 3. The quantitative estimate of drug-likeness (QED) is 0.256. The molecule has 39 valence electrons. The Morgan fingerprint density at radius 1 is 1.67 bits per heavy atom. The third-order valence-corrected chi connectivity index (χ3v) is 0. The van der Waals surface area contributed by atoms with Gasteiger partial charge in [-0.25, -0.2) is 0 Å². The number of nitrogens with zero attached hydrogens (tertiary/aromatic N) is 1. The Labute approximate surface area is 41.8 Å². The van der Waals surface area contributed by atoms with Crippen molar-refractivity contribution in [1.29, 1.82) is 0 Å². The predicted molar refractivity (Wildman–Crippen MR) is 11.0 cm³/mol. The molecule has 0 amide bonds. The summed E-state index contributed by atoms with van der Waals surface area (Å²) < 4.78 is 6.75. The molecule has 0 aromatic rings. The van der Waals surface area contributed by atoms with Crippen LogP contribution in [0.1, 0.15) is 0 Å². The minimum absolute atomic E-state index is 1.50. The van der Waals surface area contributed by atoms with Crippen LogP contribution in [0.25, 0.3) is 0 Å². The zero-order chi connectivity index (χ0) is 5.58. The van der Waals surface area contributed by atoms with Crippen molar-refractivity contribution in [3.63, 3.8) is 0 Å².